The van der Waals surface area contributed by atoms with Gasteiger partial charge in [0, 0.05) is 30.6 Å². The van der Waals surface area contributed by atoms with Crippen LogP contribution in [0.25, 0.3) is 11.3 Å². The Hall–Kier alpha value is -4.38. The van der Waals surface area contributed by atoms with Crippen molar-refractivity contribution in [3.63, 3.8) is 0 Å². The Balaban J connectivity index is 1.57. The molecule has 0 unspecified atom stereocenters. The molecular formula is C23H21ClN8O3. The number of nitrogens with zero attached hydrogens (tertiary/aromatic N) is 5. The van der Waals surface area contributed by atoms with Crippen molar-refractivity contribution in [3.05, 3.63) is 59.5 Å². The number of fused-ring (bicyclic) bond motifs is 1. The van der Waals surface area contributed by atoms with Crippen LogP contribution in [0, 0.1) is 0 Å². The first-order chi connectivity index (χ1) is 17.1. The fraction of sp³-hybridized carbons (Fsp3) is 0.174. The van der Waals surface area contributed by atoms with E-state index in [1.807, 2.05) is 12.1 Å². The minimum absolute atomic E-state index is 0.226. The maximum Gasteiger partial charge on any atom is 0.271 e. The number of methoxy groups -OCH3 is 2. The maximum absolute atomic E-state index is 12.8. The number of benzene rings is 1. The predicted octanol–water partition coefficient (Wildman–Crippen LogP) is 3.64. The van der Waals surface area contributed by atoms with Crippen LogP contribution < -0.4 is 25.4 Å². The molecule has 3 aromatic heterocycles. The van der Waals surface area contributed by atoms with Crippen LogP contribution in [0.4, 0.5) is 23.1 Å². The monoisotopic (exact) mass is 492 g/mol. The molecule has 0 saturated heterocycles. The molecule has 4 heterocycles. The molecule has 12 heteroatoms. The van der Waals surface area contributed by atoms with Gasteiger partial charge in [0.05, 0.1) is 37.2 Å². The van der Waals surface area contributed by atoms with Crippen molar-refractivity contribution < 1.29 is 14.3 Å². The Labute approximate surface area is 205 Å². The number of hydrogen-bond donors (Lipinski definition) is 3. The molecule has 0 saturated carbocycles. The maximum atomic E-state index is 12.8. The standard InChI is InChI=1S/C23H21ClN8O3/c1-34-17-7-9-27-23(30-17)29-16-12-13(6-8-25-16)18-19(20-22(33)26-10-11-32(20)31-18)28-15-5-3-4-14(24)21(15)35-2/h3-9,12,28H,10-11H2,1-2H3,(H,26,33)(H,25,27,29,30). The second-order valence-corrected chi connectivity index (χ2v) is 7.88. The first kappa shape index (κ1) is 22.4. The summed E-state index contributed by atoms with van der Waals surface area (Å²) in [5.74, 6) is 1.49. The smallest absolute Gasteiger partial charge is 0.271 e. The van der Waals surface area contributed by atoms with Crippen molar-refractivity contribution in [2.75, 3.05) is 31.4 Å². The van der Waals surface area contributed by atoms with Crippen LogP contribution >= 0.6 is 11.6 Å². The molecule has 3 N–H and O–H groups in total. The molecule has 4 aromatic rings. The van der Waals surface area contributed by atoms with Crippen LogP contribution in [0.2, 0.25) is 5.02 Å². The summed E-state index contributed by atoms with van der Waals surface area (Å²) in [6.07, 6.45) is 3.22. The largest absolute Gasteiger partial charge is 0.493 e. The van der Waals surface area contributed by atoms with E-state index in [9.17, 15) is 4.79 Å². The normalized spacial score (nSPS) is 12.5. The Kier molecular flexibility index (Phi) is 6.06. The van der Waals surface area contributed by atoms with Gasteiger partial charge >= 0.3 is 0 Å². The van der Waals surface area contributed by atoms with Crippen LogP contribution in [0.15, 0.2) is 48.8 Å². The molecule has 1 aromatic carbocycles. The van der Waals surface area contributed by atoms with Gasteiger partial charge in [-0.15, -0.1) is 0 Å². The summed E-state index contributed by atoms with van der Waals surface area (Å²) in [5, 5.41) is 14.4. The quantitative estimate of drug-likeness (QED) is 0.354. The second kappa shape index (κ2) is 9.47. The van der Waals surface area contributed by atoms with E-state index in [-0.39, 0.29) is 5.91 Å². The minimum atomic E-state index is -0.226. The van der Waals surface area contributed by atoms with Crippen molar-refractivity contribution in [3.8, 4) is 22.9 Å². The van der Waals surface area contributed by atoms with Crippen molar-refractivity contribution in [2.45, 2.75) is 6.54 Å². The molecule has 1 amide bonds. The van der Waals surface area contributed by atoms with Gasteiger partial charge < -0.3 is 25.4 Å². The van der Waals surface area contributed by atoms with Gasteiger partial charge in [-0.05, 0) is 24.3 Å². The minimum Gasteiger partial charge on any atom is -0.493 e. The zero-order valence-corrected chi connectivity index (χ0v) is 19.6. The molecule has 11 nitrogen and oxygen atoms in total. The fourth-order valence-corrected chi connectivity index (χ4v) is 4.01. The van der Waals surface area contributed by atoms with Crippen molar-refractivity contribution in [2.24, 2.45) is 0 Å². The molecule has 1 aliphatic heterocycles. The summed E-state index contributed by atoms with van der Waals surface area (Å²) < 4.78 is 12.3. The first-order valence-electron chi connectivity index (χ1n) is 10.7. The van der Waals surface area contributed by atoms with E-state index in [0.717, 1.165) is 5.56 Å². The SMILES string of the molecule is COc1ccnc(Nc2cc(-c3nn4c(c3Nc3cccc(Cl)c3OC)C(=O)NCC4)ccn2)n1. The molecule has 1 aliphatic rings. The zero-order chi connectivity index (χ0) is 24.4. The van der Waals surface area contributed by atoms with E-state index in [4.69, 9.17) is 26.2 Å². The Morgan fingerprint density at radius 1 is 1.09 bits per heavy atom. The van der Waals surface area contributed by atoms with Gasteiger partial charge in [-0.2, -0.15) is 10.1 Å². The fourth-order valence-electron chi connectivity index (χ4n) is 3.76. The van der Waals surface area contributed by atoms with Gasteiger partial charge in [0.2, 0.25) is 11.8 Å². The lowest BCUT2D eigenvalue weighted by Gasteiger charge is -2.17. The number of aromatic nitrogens is 5. The van der Waals surface area contributed by atoms with Crippen LogP contribution in [0.1, 0.15) is 10.5 Å². The molecule has 178 valence electrons. The molecular weight excluding hydrogens is 472 g/mol. The number of rotatable bonds is 7. The van der Waals surface area contributed by atoms with Crippen LogP contribution in [-0.4, -0.2) is 51.4 Å². The Bertz CT molecular complexity index is 1410. The van der Waals surface area contributed by atoms with Gasteiger partial charge in [0.1, 0.15) is 17.2 Å². The molecule has 35 heavy (non-hydrogen) atoms. The molecule has 0 fully saturated rings. The summed E-state index contributed by atoms with van der Waals surface area (Å²) in [7, 11) is 3.07. The van der Waals surface area contributed by atoms with E-state index in [0.29, 0.717) is 64.3 Å². The number of carbonyl (C=O) groups is 1. The summed E-state index contributed by atoms with van der Waals surface area (Å²) >= 11 is 6.32. The lowest BCUT2D eigenvalue weighted by molar-refractivity contribution is 0.0925. The number of anilines is 4. The number of nitrogens with one attached hydrogen (secondary N) is 3. The van der Waals surface area contributed by atoms with Crippen molar-refractivity contribution in [1.82, 2.24) is 30.0 Å². The number of halogens is 1. The van der Waals surface area contributed by atoms with E-state index in [1.54, 1.807) is 41.3 Å². The Morgan fingerprint density at radius 3 is 2.77 bits per heavy atom. The summed E-state index contributed by atoms with van der Waals surface area (Å²) in [6, 6.07) is 10.6. The highest BCUT2D eigenvalue weighted by Crippen LogP contribution is 2.39. The van der Waals surface area contributed by atoms with Gasteiger partial charge in [-0.1, -0.05) is 17.7 Å². The highest BCUT2D eigenvalue weighted by atomic mass is 35.5. The third-order valence-electron chi connectivity index (χ3n) is 5.32. The van der Waals surface area contributed by atoms with E-state index in [1.165, 1.54) is 14.2 Å². The summed E-state index contributed by atoms with van der Waals surface area (Å²) in [6.45, 7) is 1.03. The number of pyridine rings is 1. The average molecular weight is 493 g/mol. The molecule has 0 bridgehead atoms. The molecule has 5 rings (SSSR count). The molecule has 0 radical (unpaired) electrons. The molecule has 0 atom stereocenters. The van der Waals surface area contributed by atoms with Gasteiger partial charge in [-0.25, -0.2) is 9.97 Å². The van der Waals surface area contributed by atoms with Gasteiger partial charge in [-0.3, -0.25) is 9.48 Å². The number of amides is 1. The number of hydrogen-bond acceptors (Lipinski definition) is 9. The highest BCUT2D eigenvalue weighted by Gasteiger charge is 2.28. The lowest BCUT2D eigenvalue weighted by atomic mass is 10.1. The first-order valence-corrected chi connectivity index (χ1v) is 11.0. The van der Waals surface area contributed by atoms with Crippen LogP contribution in [0.5, 0.6) is 11.6 Å². The third-order valence-corrected chi connectivity index (χ3v) is 5.62. The van der Waals surface area contributed by atoms with Crippen molar-refractivity contribution >= 4 is 40.6 Å². The Morgan fingerprint density at radius 2 is 1.94 bits per heavy atom. The van der Waals surface area contributed by atoms with Gasteiger partial charge in [0.25, 0.3) is 5.91 Å². The van der Waals surface area contributed by atoms with E-state index in [2.05, 4.69) is 30.9 Å². The second-order valence-electron chi connectivity index (χ2n) is 7.47. The highest BCUT2D eigenvalue weighted by molar-refractivity contribution is 6.32. The lowest BCUT2D eigenvalue weighted by Crippen LogP contribution is -2.35. The predicted molar refractivity (Wildman–Crippen MR) is 131 cm³/mol. The van der Waals surface area contributed by atoms with E-state index < -0.39 is 0 Å². The van der Waals surface area contributed by atoms with Crippen LogP contribution in [0.3, 0.4) is 0 Å². The third kappa shape index (κ3) is 4.41. The molecule has 0 spiro atoms. The number of ether oxygens (including phenoxy) is 2. The van der Waals surface area contributed by atoms with E-state index >= 15 is 0 Å². The van der Waals surface area contributed by atoms with Crippen molar-refractivity contribution in [1.29, 1.82) is 0 Å². The summed E-state index contributed by atoms with van der Waals surface area (Å²) in [5.41, 5.74) is 2.83. The summed E-state index contributed by atoms with van der Waals surface area (Å²) in [4.78, 5) is 25.6. The van der Waals surface area contributed by atoms with Gasteiger partial charge in [0.15, 0.2) is 5.75 Å². The molecule has 0 aliphatic carbocycles. The zero-order valence-electron chi connectivity index (χ0n) is 18.9. The average Bonchev–Trinajstić information content (AvgIpc) is 3.24. The topological polar surface area (TPSA) is 128 Å². The number of para-hydroxylation sites is 1. The van der Waals surface area contributed by atoms with Crippen LogP contribution in [-0.2, 0) is 6.54 Å². The number of carbonyl (C=O) groups excluding carboxylic acids is 1.